The van der Waals surface area contributed by atoms with Crippen molar-refractivity contribution in [3.05, 3.63) is 16.1 Å². The molecule has 0 aliphatic carbocycles. The Kier molecular flexibility index (Phi) is 4.87. The molecule has 1 rings (SSSR count). The van der Waals surface area contributed by atoms with E-state index < -0.39 is 0 Å². The molecule has 1 aromatic rings. The molecule has 102 valence electrons. The maximum atomic E-state index is 6.07. The molecule has 0 bridgehead atoms. The van der Waals surface area contributed by atoms with Gasteiger partial charge in [-0.05, 0) is 36.2 Å². The third-order valence-electron chi connectivity index (χ3n) is 2.52. The summed E-state index contributed by atoms with van der Waals surface area (Å²) in [6, 6.07) is 1.81. The SMILES string of the molecule is COc1cc(OC)c(OC)c(Br)c1CC(C)(C)N. The Labute approximate surface area is 117 Å². The molecule has 0 unspecified atom stereocenters. The Hall–Kier alpha value is -0.940. The summed E-state index contributed by atoms with van der Waals surface area (Å²) >= 11 is 3.54. The Bertz CT molecular complexity index is 427. The van der Waals surface area contributed by atoms with E-state index in [0.717, 1.165) is 15.8 Å². The third kappa shape index (κ3) is 3.29. The molecule has 2 N–H and O–H groups in total. The molecule has 0 fully saturated rings. The normalized spacial score (nSPS) is 11.3. The maximum absolute atomic E-state index is 6.07. The van der Waals surface area contributed by atoms with Gasteiger partial charge >= 0.3 is 0 Å². The lowest BCUT2D eigenvalue weighted by molar-refractivity contribution is 0.344. The minimum Gasteiger partial charge on any atom is -0.496 e. The van der Waals surface area contributed by atoms with E-state index in [0.29, 0.717) is 17.9 Å². The highest BCUT2D eigenvalue weighted by Crippen LogP contribution is 2.43. The van der Waals surface area contributed by atoms with Gasteiger partial charge in [-0.2, -0.15) is 0 Å². The van der Waals surface area contributed by atoms with Crippen LogP contribution >= 0.6 is 15.9 Å². The van der Waals surface area contributed by atoms with Crippen LogP contribution in [0.2, 0.25) is 0 Å². The molecule has 0 radical (unpaired) electrons. The van der Waals surface area contributed by atoms with Crippen LogP contribution in [0.1, 0.15) is 19.4 Å². The van der Waals surface area contributed by atoms with Crippen molar-refractivity contribution in [3.63, 3.8) is 0 Å². The van der Waals surface area contributed by atoms with Crippen LogP contribution in [-0.4, -0.2) is 26.9 Å². The smallest absolute Gasteiger partial charge is 0.175 e. The zero-order valence-corrected chi connectivity index (χ0v) is 13.1. The molecule has 1 aromatic carbocycles. The van der Waals surface area contributed by atoms with Crippen LogP contribution in [0.5, 0.6) is 17.2 Å². The quantitative estimate of drug-likeness (QED) is 0.907. The van der Waals surface area contributed by atoms with Crippen molar-refractivity contribution >= 4 is 15.9 Å². The van der Waals surface area contributed by atoms with Crippen LogP contribution in [0.4, 0.5) is 0 Å². The van der Waals surface area contributed by atoms with Crippen molar-refractivity contribution < 1.29 is 14.2 Å². The van der Waals surface area contributed by atoms with Gasteiger partial charge in [-0.1, -0.05) is 0 Å². The maximum Gasteiger partial charge on any atom is 0.175 e. The molecule has 0 heterocycles. The number of halogens is 1. The first-order valence-electron chi connectivity index (χ1n) is 5.60. The zero-order valence-electron chi connectivity index (χ0n) is 11.5. The fourth-order valence-corrected chi connectivity index (χ4v) is 2.46. The summed E-state index contributed by atoms with van der Waals surface area (Å²) in [5.74, 6) is 2.01. The van der Waals surface area contributed by atoms with Gasteiger partial charge in [0.05, 0.1) is 25.8 Å². The number of hydrogen-bond donors (Lipinski definition) is 1. The van der Waals surface area contributed by atoms with Crippen LogP contribution in [-0.2, 0) is 6.42 Å². The molecule has 0 spiro atoms. The molecule has 0 aliphatic rings. The molecular weight excluding hydrogens is 298 g/mol. The van der Waals surface area contributed by atoms with Crippen LogP contribution in [0, 0.1) is 0 Å². The van der Waals surface area contributed by atoms with Crippen molar-refractivity contribution in [3.8, 4) is 17.2 Å². The van der Waals surface area contributed by atoms with E-state index >= 15 is 0 Å². The largest absolute Gasteiger partial charge is 0.496 e. The lowest BCUT2D eigenvalue weighted by Crippen LogP contribution is -2.34. The number of ether oxygens (including phenoxy) is 3. The van der Waals surface area contributed by atoms with Gasteiger partial charge in [0.1, 0.15) is 5.75 Å². The summed E-state index contributed by atoms with van der Waals surface area (Å²) in [6.45, 7) is 3.94. The second-order valence-corrected chi connectivity index (χ2v) is 5.57. The Morgan fingerprint density at radius 3 is 2.06 bits per heavy atom. The first kappa shape index (κ1) is 15.1. The van der Waals surface area contributed by atoms with E-state index in [-0.39, 0.29) is 5.54 Å². The summed E-state index contributed by atoms with van der Waals surface area (Å²) in [6.07, 6.45) is 0.664. The van der Waals surface area contributed by atoms with Crippen LogP contribution < -0.4 is 19.9 Å². The molecule has 5 heteroatoms. The zero-order chi connectivity index (χ0) is 13.9. The molecule has 0 atom stereocenters. The summed E-state index contributed by atoms with van der Waals surface area (Å²) in [7, 11) is 4.82. The third-order valence-corrected chi connectivity index (χ3v) is 3.36. The number of nitrogens with two attached hydrogens (primary N) is 1. The van der Waals surface area contributed by atoms with Crippen LogP contribution in [0.25, 0.3) is 0 Å². The van der Waals surface area contributed by atoms with Crippen molar-refractivity contribution in [1.29, 1.82) is 0 Å². The van der Waals surface area contributed by atoms with Crippen molar-refractivity contribution in [2.45, 2.75) is 25.8 Å². The number of methoxy groups -OCH3 is 3. The van der Waals surface area contributed by atoms with Gasteiger partial charge in [0.25, 0.3) is 0 Å². The second-order valence-electron chi connectivity index (χ2n) is 4.77. The lowest BCUT2D eigenvalue weighted by atomic mass is 9.95. The molecular formula is C13H20BrNO3. The van der Waals surface area contributed by atoms with E-state index in [9.17, 15) is 0 Å². The summed E-state index contributed by atoms with van der Waals surface area (Å²) in [4.78, 5) is 0. The van der Waals surface area contributed by atoms with E-state index in [4.69, 9.17) is 19.9 Å². The van der Waals surface area contributed by atoms with Gasteiger partial charge in [-0.25, -0.2) is 0 Å². The average molecular weight is 318 g/mol. The molecule has 0 aliphatic heterocycles. The van der Waals surface area contributed by atoms with Crippen molar-refractivity contribution in [2.75, 3.05) is 21.3 Å². The van der Waals surface area contributed by atoms with Gasteiger partial charge in [-0.15, -0.1) is 0 Å². The molecule has 4 nitrogen and oxygen atoms in total. The fraction of sp³-hybridized carbons (Fsp3) is 0.538. The van der Waals surface area contributed by atoms with E-state index in [1.165, 1.54) is 0 Å². The minimum atomic E-state index is -0.338. The summed E-state index contributed by atoms with van der Waals surface area (Å²) in [5.41, 5.74) is 6.71. The number of benzene rings is 1. The highest BCUT2D eigenvalue weighted by atomic mass is 79.9. The number of rotatable bonds is 5. The van der Waals surface area contributed by atoms with Crippen LogP contribution in [0.15, 0.2) is 10.5 Å². The number of hydrogen-bond acceptors (Lipinski definition) is 4. The van der Waals surface area contributed by atoms with Gasteiger partial charge in [0.2, 0.25) is 0 Å². The molecule has 0 amide bonds. The fourth-order valence-electron chi connectivity index (χ4n) is 1.77. The van der Waals surface area contributed by atoms with Crippen molar-refractivity contribution in [2.24, 2.45) is 5.73 Å². The standard InChI is InChI=1S/C13H20BrNO3/c1-13(2,15)7-8-9(16-3)6-10(17-4)12(18-5)11(8)14/h6H,7,15H2,1-5H3. The van der Waals surface area contributed by atoms with Crippen LogP contribution in [0.3, 0.4) is 0 Å². The summed E-state index contributed by atoms with van der Waals surface area (Å²) in [5, 5.41) is 0. The topological polar surface area (TPSA) is 53.7 Å². The second kappa shape index (κ2) is 5.80. The Balaban J connectivity index is 3.39. The van der Waals surface area contributed by atoms with E-state index in [1.807, 2.05) is 19.9 Å². The monoisotopic (exact) mass is 317 g/mol. The average Bonchev–Trinajstić information content (AvgIpc) is 2.29. The van der Waals surface area contributed by atoms with Gasteiger partial charge in [-0.3, -0.25) is 0 Å². The highest BCUT2D eigenvalue weighted by Gasteiger charge is 2.23. The highest BCUT2D eigenvalue weighted by molar-refractivity contribution is 9.10. The van der Waals surface area contributed by atoms with Gasteiger partial charge in [0.15, 0.2) is 11.5 Å². The Morgan fingerprint density at radius 2 is 1.67 bits per heavy atom. The Morgan fingerprint density at radius 1 is 1.11 bits per heavy atom. The van der Waals surface area contributed by atoms with Gasteiger partial charge < -0.3 is 19.9 Å². The van der Waals surface area contributed by atoms with E-state index in [1.54, 1.807) is 21.3 Å². The molecule has 0 saturated carbocycles. The first-order chi connectivity index (χ1) is 8.34. The molecule has 0 saturated heterocycles. The first-order valence-corrected chi connectivity index (χ1v) is 6.39. The summed E-state index contributed by atoms with van der Waals surface area (Å²) < 4.78 is 16.8. The van der Waals surface area contributed by atoms with Crippen molar-refractivity contribution in [1.82, 2.24) is 0 Å². The predicted molar refractivity (Wildman–Crippen MR) is 75.8 cm³/mol. The minimum absolute atomic E-state index is 0.338. The molecule has 18 heavy (non-hydrogen) atoms. The predicted octanol–water partition coefficient (Wildman–Crippen LogP) is 2.75. The van der Waals surface area contributed by atoms with Gasteiger partial charge in [0, 0.05) is 17.2 Å². The molecule has 0 aromatic heterocycles. The van der Waals surface area contributed by atoms with E-state index in [2.05, 4.69) is 15.9 Å². The lowest BCUT2D eigenvalue weighted by Gasteiger charge is -2.23.